The molecule has 0 unspecified atom stereocenters. The van der Waals surface area contributed by atoms with Gasteiger partial charge in [0.15, 0.2) is 5.82 Å². The highest BCUT2D eigenvalue weighted by Crippen LogP contribution is 2.43. The summed E-state index contributed by atoms with van der Waals surface area (Å²) < 4.78 is 5.22. The van der Waals surface area contributed by atoms with Crippen molar-refractivity contribution >= 4 is 5.91 Å². The topological polar surface area (TPSA) is 68.0 Å². The van der Waals surface area contributed by atoms with Crippen LogP contribution >= 0.6 is 0 Å². The second kappa shape index (κ2) is 6.01. The van der Waals surface area contributed by atoms with Gasteiger partial charge in [-0.1, -0.05) is 18.0 Å². The number of hydrogen-bond acceptors (Lipinski definition) is 4. The molecule has 0 bridgehead atoms. The average molecular weight is 303 g/mol. The Balaban J connectivity index is 1.21. The molecule has 1 aromatic rings. The van der Waals surface area contributed by atoms with Crippen LogP contribution in [0.2, 0.25) is 0 Å². The van der Waals surface area contributed by atoms with E-state index in [1.54, 1.807) is 0 Å². The van der Waals surface area contributed by atoms with Crippen LogP contribution in [0, 0.1) is 11.8 Å². The van der Waals surface area contributed by atoms with Crippen molar-refractivity contribution in [2.75, 3.05) is 0 Å². The molecule has 3 fully saturated rings. The first-order valence-corrected chi connectivity index (χ1v) is 8.90. The number of nitrogens with zero attached hydrogens (tertiary/aromatic N) is 2. The standard InChI is InChI=1S/C17H25N3O2/c21-15(8-9-16-19-17(20-22-16)12-6-7-12)18-14-3-1-2-13(10-14)11-4-5-11/h11-14H,1-10H2,(H,18,21)/t13-,14-/m0/s1. The summed E-state index contributed by atoms with van der Waals surface area (Å²) in [7, 11) is 0. The van der Waals surface area contributed by atoms with Crippen molar-refractivity contribution in [3.63, 3.8) is 0 Å². The lowest BCUT2D eigenvalue weighted by Crippen LogP contribution is -2.38. The number of carbonyl (C=O) groups excluding carboxylic acids is 1. The van der Waals surface area contributed by atoms with Gasteiger partial charge in [0.1, 0.15) is 0 Å². The zero-order chi connectivity index (χ0) is 14.9. The van der Waals surface area contributed by atoms with Gasteiger partial charge >= 0.3 is 0 Å². The van der Waals surface area contributed by atoms with Crippen LogP contribution in [0.15, 0.2) is 4.52 Å². The highest BCUT2D eigenvalue weighted by Gasteiger charge is 2.35. The quantitative estimate of drug-likeness (QED) is 0.877. The molecule has 0 aliphatic heterocycles. The van der Waals surface area contributed by atoms with E-state index in [9.17, 15) is 4.79 Å². The molecule has 0 spiro atoms. The summed E-state index contributed by atoms with van der Waals surface area (Å²) in [4.78, 5) is 16.5. The van der Waals surface area contributed by atoms with Crippen LogP contribution < -0.4 is 5.32 Å². The molecule has 4 rings (SSSR count). The third-order valence-corrected chi connectivity index (χ3v) is 5.36. The van der Waals surface area contributed by atoms with E-state index < -0.39 is 0 Å². The monoisotopic (exact) mass is 303 g/mol. The van der Waals surface area contributed by atoms with Gasteiger partial charge in [0, 0.05) is 24.8 Å². The molecule has 1 N–H and O–H groups in total. The highest BCUT2D eigenvalue weighted by molar-refractivity contribution is 5.76. The smallest absolute Gasteiger partial charge is 0.227 e. The lowest BCUT2D eigenvalue weighted by atomic mass is 9.82. The number of amides is 1. The maximum absolute atomic E-state index is 12.1. The Bertz CT molecular complexity index is 534. The van der Waals surface area contributed by atoms with E-state index in [0.717, 1.165) is 24.1 Å². The van der Waals surface area contributed by atoms with Gasteiger partial charge in [-0.15, -0.1) is 0 Å². The van der Waals surface area contributed by atoms with Crippen molar-refractivity contribution in [1.82, 2.24) is 15.5 Å². The summed E-state index contributed by atoms with van der Waals surface area (Å²) in [6, 6.07) is 0.386. The van der Waals surface area contributed by atoms with Crippen LogP contribution in [0.1, 0.15) is 75.4 Å². The van der Waals surface area contributed by atoms with Gasteiger partial charge in [-0.3, -0.25) is 4.79 Å². The Morgan fingerprint density at radius 1 is 1.14 bits per heavy atom. The summed E-state index contributed by atoms with van der Waals surface area (Å²) in [6.07, 6.45) is 11.1. The molecule has 0 saturated heterocycles. The van der Waals surface area contributed by atoms with E-state index >= 15 is 0 Å². The first-order valence-electron chi connectivity index (χ1n) is 8.90. The molecule has 0 aromatic carbocycles. The summed E-state index contributed by atoms with van der Waals surface area (Å²) in [5.74, 6) is 3.89. The Kier molecular flexibility index (Phi) is 3.89. The molecule has 1 amide bonds. The fourth-order valence-electron chi connectivity index (χ4n) is 3.75. The summed E-state index contributed by atoms with van der Waals surface area (Å²) >= 11 is 0. The molecule has 0 radical (unpaired) electrons. The zero-order valence-electron chi connectivity index (χ0n) is 13.1. The average Bonchev–Trinajstić information content (AvgIpc) is 3.44. The Labute approximate surface area is 131 Å². The Hall–Kier alpha value is -1.39. The predicted octanol–water partition coefficient (Wildman–Crippen LogP) is 2.96. The van der Waals surface area contributed by atoms with Crippen LogP contribution in [0.5, 0.6) is 0 Å². The molecule has 1 heterocycles. The fraction of sp³-hybridized carbons (Fsp3) is 0.824. The third kappa shape index (κ3) is 3.50. The van der Waals surface area contributed by atoms with Gasteiger partial charge in [-0.25, -0.2) is 0 Å². The van der Waals surface area contributed by atoms with Gasteiger partial charge in [0.05, 0.1) is 0 Å². The second-order valence-electron chi connectivity index (χ2n) is 7.35. The van der Waals surface area contributed by atoms with Gasteiger partial charge in [-0.2, -0.15) is 4.98 Å². The minimum Gasteiger partial charge on any atom is -0.353 e. The molecular weight excluding hydrogens is 278 g/mol. The van der Waals surface area contributed by atoms with E-state index in [-0.39, 0.29) is 5.91 Å². The summed E-state index contributed by atoms with van der Waals surface area (Å²) in [5, 5.41) is 7.21. The normalized spacial score (nSPS) is 28.5. The number of hydrogen-bond donors (Lipinski definition) is 1. The first kappa shape index (κ1) is 14.2. The SMILES string of the molecule is O=C(CCc1nc(C2CC2)no1)N[C@H]1CCC[C@H](C2CC2)C1. The maximum Gasteiger partial charge on any atom is 0.227 e. The number of carbonyl (C=O) groups is 1. The molecule has 2 atom stereocenters. The molecular formula is C17H25N3O2. The van der Waals surface area contributed by atoms with Gasteiger partial charge < -0.3 is 9.84 Å². The Morgan fingerprint density at radius 2 is 2.00 bits per heavy atom. The molecule has 22 heavy (non-hydrogen) atoms. The predicted molar refractivity (Wildman–Crippen MR) is 81.2 cm³/mol. The van der Waals surface area contributed by atoms with Crippen LogP contribution in [0.25, 0.3) is 0 Å². The van der Waals surface area contributed by atoms with E-state index in [2.05, 4.69) is 15.5 Å². The van der Waals surface area contributed by atoms with Crippen LogP contribution in [0.3, 0.4) is 0 Å². The number of aryl methyl sites for hydroxylation is 1. The van der Waals surface area contributed by atoms with Gasteiger partial charge in [0.25, 0.3) is 0 Å². The number of rotatable bonds is 6. The van der Waals surface area contributed by atoms with Crippen molar-refractivity contribution < 1.29 is 9.32 Å². The van der Waals surface area contributed by atoms with Gasteiger partial charge in [-0.05, 0) is 50.4 Å². The maximum atomic E-state index is 12.1. The van der Waals surface area contributed by atoms with Crippen molar-refractivity contribution in [1.29, 1.82) is 0 Å². The van der Waals surface area contributed by atoms with E-state index in [1.165, 1.54) is 44.9 Å². The summed E-state index contributed by atoms with van der Waals surface area (Å²) in [6.45, 7) is 0. The molecule has 5 nitrogen and oxygen atoms in total. The highest BCUT2D eigenvalue weighted by atomic mass is 16.5. The van der Waals surface area contributed by atoms with Crippen molar-refractivity contribution in [2.45, 2.75) is 76.2 Å². The van der Waals surface area contributed by atoms with Crippen LogP contribution in [0.4, 0.5) is 0 Å². The molecule has 5 heteroatoms. The number of nitrogens with one attached hydrogen (secondary N) is 1. The van der Waals surface area contributed by atoms with Crippen LogP contribution in [-0.2, 0) is 11.2 Å². The second-order valence-corrected chi connectivity index (χ2v) is 7.35. The van der Waals surface area contributed by atoms with Crippen molar-refractivity contribution in [3.8, 4) is 0 Å². The van der Waals surface area contributed by atoms with Crippen molar-refractivity contribution in [3.05, 3.63) is 11.7 Å². The summed E-state index contributed by atoms with van der Waals surface area (Å²) in [5.41, 5.74) is 0. The molecule has 3 saturated carbocycles. The lowest BCUT2D eigenvalue weighted by molar-refractivity contribution is -0.122. The number of aromatic nitrogens is 2. The van der Waals surface area contributed by atoms with Gasteiger partial charge in [0.2, 0.25) is 11.8 Å². The largest absolute Gasteiger partial charge is 0.353 e. The van der Waals surface area contributed by atoms with E-state index in [4.69, 9.17) is 4.52 Å². The molecule has 3 aliphatic rings. The lowest BCUT2D eigenvalue weighted by Gasteiger charge is -2.29. The minimum absolute atomic E-state index is 0.132. The Morgan fingerprint density at radius 3 is 2.77 bits per heavy atom. The van der Waals surface area contributed by atoms with Crippen molar-refractivity contribution in [2.24, 2.45) is 11.8 Å². The molecule has 1 aromatic heterocycles. The third-order valence-electron chi connectivity index (χ3n) is 5.36. The van der Waals surface area contributed by atoms with Crippen LogP contribution in [-0.4, -0.2) is 22.1 Å². The zero-order valence-corrected chi connectivity index (χ0v) is 13.1. The minimum atomic E-state index is 0.132. The fourth-order valence-corrected chi connectivity index (χ4v) is 3.75. The first-order chi connectivity index (χ1) is 10.8. The molecule has 120 valence electrons. The molecule has 3 aliphatic carbocycles. The van der Waals surface area contributed by atoms with E-state index in [0.29, 0.717) is 30.7 Å². The van der Waals surface area contributed by atoms with E-state index in [1.807, 2.05) is 0 Å².